The van der Waals surface area contributed by atoms with Crippen LogP contribution in [0.4, 0.5) is 19.0 Å². The monoisotopic (exact) mass is 474 g/mol. The maximum absolute atomic E-state index is 14.7. The molecule has 1 saturated heterocycles. The molecule has 0 aliphatic carbocycles. The number of ether oxygens (including phenoxy) is 2. The van der Waals surface area contributed by atoms with E-state index in [2.05, 4.69) is 15.3 Å². The second-order valence-electron chi connectivity index (χ2n) is 8.01. The topological polar surface area (TPSA) is 76.6 Å². The molecule has 10 heteroatoms. The first kappa shape index (κ1) is 23.7. The van der Waals surface area contributed by atoms with E-state index in [1.165, 1.54) is 19.2 Å². The van der Waals surface area contributed by atoms with Crippen LogP contribution in [0, 0.1) is 12.7 Å². The molecule has 1 aliphatic heterocycles. The molecule has 0 spiro atoms. The minimum absolute atomic E-state index is 0.0910. The molecular formula is C24H25F3N4O3. The Morgan fingerprint density at radius 3 is 2.56 bits per heavy atom. The number of morpholine rings is 1. The normalized spacial score (nSPS) is 15.0. The molecule has 1 amide bonds. The molecule has 180 valence electrons. The highest BCUT2D eigenvalue weighted by atomic mass is 19.3. The third kappa shape index (κ3) is 4.63. The number of amides is 1. The van der Waals surface area contributed by atoms with Crippen LogP contribution in [-0.4, -0.2) is 54.2 Å². The number of halogens is 3. The van der Waals surface area contributed by atoms with E-state index >= 15 is 0 Å². The second kappa shape index (κ2) is 9.84. The molecule has 3 aromatic rings. The Morgan fingerprint density at radius 1 is 1.18 bits per heavy atom. The maximum Gasteiger partial charge on any atom is 0.266 e. The van der Waals surface area contributed by atoms with Crippen LogP contribution in [-0.2, 0) is 4.74 Å². The number of fused-ring (bicyclic) bond motifs is 1. The molecule has 1 N–H and O–H groups in total. The fourth-order valence-electron chi connectivity index (χ4n) is 4.01. The van der Waals surface area contributed by atoms with Gasteiger partial charge in [-0.25, -0.2) is 23.1 Å². The number of anilines is 1. The summed E-state index contributed by atoms with van der Waals surface area (Å²) in [5.41, 5.74) is 0.308. The van der Waals surface area contributed by atoms with Gasteiger partial charge in [0.15, 0.2) is 0 Å². The smallest absolute Gasteiger partial charge is 0.266 e. The number of hydrogen-bond donors (Lipinski definition) is 1. The number of benzene rings is 2. The van der Waals surface area contributed by atoms with Crippen molar-refractivity contribution in [2.24, 2.45) is 0 Å². The van der Waals surface area contributed by atoms with E-state index < -0.39 is 23.8 Å². The van der Waals surface area contributed by atoms with Crippen molar-refractivity contribution in [3.05, 3.63) is 58.7 Å². The predicted molar refractivity (Wildman–Crippen MR) is 121 cm³/mol. The summed E-state index contributed by atoms with van der Waals surface area (Å²) in [4.78, 5) is 23.7. The number of carbonyl (C=O) groups is 1. The van der Waals surface area contributed by atoms with Gasteiger partial charge in [0.2, 0.25) is 0 Å². The standard InChI is InChI=1S/C24H25F3N4O3/c1-13(15-5-4-6-16(21(15)25)22(26)27)28-23-17-12-20(33-3)18(11-19(17)29-14(2)30-23)24(32)31-7-9-34-10-8-31/h4-6,11-13,22H,7-10H2,1-3H3,(H,28,29,30). The SMILES string of the molecule is COc1cc2c(NC(C)c3cccc(C(F)F)c3F)nc(C)nc2cc1C(=O)N1CCOCC1. The minimum Gasteiger partial charge on any atom is -0.496 e. The number of aryl methyl sites for hydroxylation is 1. The zero-order valence-electron chi connectivity index (χ0n) is 19.1. The van der Waals surface area contributed by atoms with Crippen molar-refractivity contribution in [3.8, 4) is 5.75 Å². The largest absolute Gasteiger partial charge is 0.496 e. The van der Waals surface area contributed by atoms with Gasteiger partial charge in [-0.05, 0) is 26.0 Å². The summed E-state index contributed by atoms with van der Waals surface area (Å²) in [7, 11) is 1.47. The van der Waals surface area contributed by atoms with Crippen LogP contribution in [0.25, 0.3) is 10.9 Å². The van der Waals surface area contributed by atoms with Crippen LogP contribution in [0.2, 0.25) is 0 Å². The molecule has 1 aliphatic rings. The average molecular weight is 474 g/mol. The van der Waals surface area contributed by atoms with E-state index in [0.717, 1.165) is 6.07 Å². The molecule has 1 aromatic heterocycles. The maximum atomic E-state index is 14.7. The van der Waals surface area contributed by atoms with Crippen molar-refractivity contribution in [3.63, 3.8) is 0 Å². The molecule has 0 bridgehead atoms. The number of nitrogens with one attached hydrogen (secondary N) is 1. The number of hydrogen-bond acceptors (Lipinski definition) is 6. The molecule has 7 nitrogen and oxygen atoms in total. The third-order valence-electron chi connectivity index (χ3n) is 5.77. The Morgan fingerprint density at radius 2 is 1.88 bits per heavy atom. The van der Waals surface area contributed by atoms with E-state index in [-0.39, 0.29) is 11.5 Å². The molecule has 2 heterocycles. The highest BCUT2D eigenvalue weighted by Gasteiger charge is 2.24. The Balaban J connectivity index is 1.73. The summed E-state index contributed by atoms with van der Waals surface area (Å²) in [6.07, 6.45) is -2.92. The van der Waals surface area contributed by atoms with Gasteiger partial charge >= 0.3 is 0 Å². The highest BCUT2D eigenvalue weighted by Crippen LogP contribution is 2.33. The van der Waals surface area contributed by atoms with Crippen LogP contribution in [0.1, 0.15) is 46.7 Å². The van der Waals surface area contributed by atoms with Gasteiger partial charge in [0.25, 0.3) is 12.3 Å². The molecule has 1 atom stereocenters. The highest BCUT2D eigenvalue weighted by molar-refractivity contribution is 6.02. The molecular weight excluding hydrogens is 449 g/mol. The minimum atomic E-state index is -2.92. The number of rotatable bonds is 6. The molecule has 34 heavy (non-hydrogen) atoms. The van der Waals surface area contributed by atoms with Gasteiger partial charge in [-0.15, -0.1) is 0 Å². The Kier molecular flexibility index (Phi) is 6.87. The molecule has 1 unspecified atom stereocenters. The number of carbonyl (C=O) groups excluding carboxylic acids is 1. The molecule has 0 saturated carbocycles. The third-order valence-corrected chi connectivity index (χ3v) is 5.77. The van der Waals surface area contributed by atoms with E-state index in [0.29, 0.717) is 60.2 Å². The van der Waals surface area contributed by atoms with Crippen LogP contribution in [0.3, 0.4) is 0 Å². The zero-order chi connectivity index (χ0) is 24.4. The zero-order valence-corrected chi connectivity index (χ0v) is 19.1. The number of methoxy groups -OCH3 is 1. The van der Waals surface area contributed by atoms with Gasteiger partial charge in [0.1, 0.15) is 23.2 Å². The first-order chi connectivity index (χ1) is 16.3. The number of aromatic nitrogens is 2. The summed E-state index contributed by atoms with van der Waals surface area (Å²) in [6.45, 7) is 5.26. The number of nitrogens with zero attached hydrogens (tertiary/aromatic N) is 3. The van der Waals surface area contributed by atoms with E-state index in [9.17, 15) is 18.0 Å². The van der Waals surface area contributed by atoms with Crippen LogP contribution < -0.4 is 10.1 Å². The van der Waals surface area contributed by atoms with Crippen LogP contribution in [0.15, 0.2) is 30.3 Å². The summed E-state index contributed by atoms with van der Waals surface area (Å²) >= 11 is 0. The van der Waals surface area contributed by atoms with Gasteiger partial charge in [-0.1, -0.05) is 18.2 Å². The van der Waals surface area contributed by atoms with E-state index in [1.54, 1.807) is 30.9 Å². The van der Waals surface area contributed by atoms with Gasteiger partial charge < -0.3 is 19.7 Å². The molecule has 0 radical (unpaired) electrons. The summed E-state index contributed by atoms with van der Waals surface area (Å²) < 4.78 is 51.8. The van der Waals surface area contributed by atoms with Crippen molar-refractivity contribution in [2.45, 2.75) is 26.3 Å². The lowest BCUT2D eigenvalue weighted by atomic mass is 10.0. The van der Waals surface area contributed by atoms with Gasteiger partial charge in [0.05, 0.1) is 43.0 Å². The quantitative estimate of drug-likeness (QED) is 0.560. The fourth-order valence-corrected chi connectivity index (χ4v) is 4.01. The van der Waals surface area contributed by atoms with Crippen molar-refractivity contribution in [2.75, 3.05) is 38.7 Å². The lowest BCUT2D eigenvalue weighted by Crippen LogP contribution is -2.40. The second-order valence-corrected chi connectivity index (χ2v) is 8.01. The Labute approximate surface area is 194 Å². The van der Waals surface area contributed by atoms with Crippen molar-refractivity contribution in [1.29, 1.82) is 0 Å². The van der Waals surface area contributed by atoms with Crippen LogP contribution in [0.5, 0.6) is 5.75 Å². The Hall–Kier alpha value is -3.40. The summed E-state index contributed by atoms with van der Waals surface area (Å²) in [5, 5.41) is 3.66. The number of alkyl halides is 2. The lowest BCUT2D eigenvalue weighted by Gasteiger charge is -2.27. The summed E-state index contributed by atoms with van der Waals surface area (Å²) in [6, 6.07) is 6.55. The van der Waals surface area contributed by atoms with Gasteiger partial charge in [-0.2, -0.15) is 0 Å². The summed E-state index contributed by atoms with van der Waals surface area (Å²) in [5.74, 6) is 0.00752. The van der Waals surface area contributed by atoms with Crippen molar-refractivity contribution >= 4 is 22.6 Å². The molecule has 4 rings (SSSR count). The first-order valence-electron chi connectivity index (χ1n) is 10.9. The van der Waals surface area contributed by atoms with Crippen molar-refractivity contribution < 1.29 is 27.4 Å². The lowest BCUT2D eigenvalue weighted by molar-refractivity contribution is 0.0301. The fraction of sp³-hybridized carbons (Fsp3) is 0.375. The van der Waals surface area contributed by atoms with Gasteiger partial charge in [-0.3, -0.25) is 4.79 Å². The van der Waals surface area contributed by atoms with Gasteiger partial charge in [0, 0.05) is 24.0 Å². The average Bonchev–Trinajstić information content (AvgIpc) is 2.83. The van der Waals surface area contributed by atoms with Crippen molar-refractivity contribution in [1.82, 2.24) is 14.9 Å². The van der Waals surface area contributed by atoms with Crippen LogP contribution >= 0.6 is 0 Å². The molecule has 2 aromatic carbocycles. The predicted octanol–water partition coefficient (Wildman–Crippen LogP) is 4.67. The Bertz CT molecular complexity index is 1220. The van der Waals surface area contributed by atoms with E-state index in [4.69, 9.17) is 9.47 Å². The van der Waals surface area contributed by atoms with E-state index in [1.807, 2.05) is 0 Å². The first-order valence-corrected chi connectivity index (χ1v) is 10.9. The molecule has 1 fully saturated rings.